The number of benzene rings is 2. The Balaban J connectivity index is 2.02. The number of anilines is 2. The molecule has 0 spiro atoms. The summed E-state index contributed by atoms with van der Waals surface area (Å²) in [5.74, 6) is -1.40. The molecule has 3 rings (SSSR count). The number of halogens is 3. The zero-order valence-electron chi connectivity index (χ0n) is 23.4. The minimum atomic E-state index is -5.08. The predicted molar refractivity (Wildman–Crippen MR) is 152 cm³/mol. The molecule has 232 valence electrons. The number of hydrogen-bond acceptors (Lipinski definition) is 9. The number of sulfonamides is 1. The van der Waals surface area contributed by atoms with E-state index in [1.807, 2.05) is 0 Å². The van der Waals surface area contributed by atoms with Gasteiger partial charge in [-0.2, -0.15) is 18.3 Å². The first kappa shape index (κ1) is 33.2. The van der Waals surface area contributed by atoms with Crippen molar-refractivity contribution in [3.63, 3.8) is 0 Å². The van der Waals surface area contributed by atoms with E-state index in [-0.39, 0.29) is 49.4 Å². The zero-order chi connectivity index (χ0) is 31.9. The van der Waals surface area contributed by atoms with Gasteiger partial charge in [0.2, 0.25) is 11.8 Å². The molecule has 1 aromatic heterocycles. The molecule has 43 heavy (non-hydrogen) atoms. The number of ether oxygens (including phenoxy) is 1. The SMILES string of the molecule is CCN(c1ccc(NC(C)=O)cc1)S(=O)(=O)c1cccc(/N=N/c2c(C(F)(F)F)c(C)c(=O)n(CCOCCO)c2O)c1. The average molecular weight is 626 g/mol. The fourth-order valence-corrected chi connectivity index (χ4v) is 5.65. The number of aliphatic hydroxyl groups excluding tert-OH is 1. The molecule has 0 bridgehead atoms. The Morgan fingerprint density at radius 2 is 1.79 bits per heavy atom. The van der Waals surface area contributed by atoms with Gasteiger partial charge in [-0.25, -0.2) is 8.42 Å². The lowest BCUT2D eigenvalue weighted by atomic mass is 10.1. The van der Waals surface area contributed by atoms with Crippen molar-refractivity contribution in [3.05, 3.63) is 70.0 Å². The normalized spacial score (nSPS) is 12.1. The molecule has 12 nitrogen and oxygen atoms in total. The summed E-state index contributed by atoms with van der Waals surface area (Å²) in [5.41, 5.74) is -3.76. The number of rotatable bonds is 12. The van der Waals surface area contributed by atoms with Crippen LogP contribution in [0.4, 0.5) is 35.9 Å². The van der Waals surface area contributed by atoms with E-state index in [9.17, 15) is 36.3 Å². The van der Waals surface area contributed by atoms with Gasteiger partial charge in [0.1, 0.15) is 0 Å². The number of aliphatic hydroxyl groups is 1. The minimum absolute atomic E-state index is 0.0270. The Morgan fingerprint density at radius 1 is 1.12 bits per heavy atom. The van der Waals surface area contributed by atoms with E-state index in [2.05, 4.69) is 15.5 Å². The van der Waals surface area contributed by atoms with Gasteiger partial charge in [-0.1, -0.05) is 6.07 Å². The van der Waals surface area contributed by atoms with Crippen molar-refractivity contribution in [2.24, 2.45) is 10.2 Å². The lowest BCUT2D eigenvalue weighted by molar-refractivity contribution is -0.137. The number of aromatic nitrogens is 1. The van der Waals surface area contributed by atoms with E-state index in [0.29, 0.717) is 15.9 Å². The third-order valence-corrected chi connectivity index (χ3v) is 7.96. The van der Waals surface area contributed by atoms with Gasteiger partial charge in [0.25, 0.3) is 15.6 Å². The molecule has 3 N–H and O–H groups in total. The molecule has 0 fully saturated rings. The molecule has 0 saturated heterocycles. The topological polar surface area (TPSA) is 163 Å². The smallest absolute Gasteiger partial charge is 0.419 e. The fourth-order valence-electron chi connectivity index (χ4n) is 4.14. The third-order valence-electron chi connectivity index (χ3n) is 6.06. The lowest BCUT2D eigenvalue weighted by Gasteiger charge is -2.23. The van der Waals surface area contributed by atoms with Crippen molar-refractivity contribution in [3.8, 4) is 5.88 Å². The first-order valence-electron chi connectivity index (χ1n) is 12.9. The van der Waals surface area contributed by atoms with Gasteiger partial charge in [-0.3, -0.25) is 18.5 Å². The van der Waals surface area contributed by atoms with Gasteiger partial charge >= 0.3 is 6.18 Å². The number of nitrogens with one attached hydrogen (secondary N) is 1. The molecule has 1 amide bonds. The first-order chi connectivity index (χ1) is 20.2. The van der Waals surface area contributed by atoms with Crippen molar-refractivity contribution in [2.75, 3.05) is 36.0 Å². The van der Waals surface area contributed by atoms with Crippen LogP contribution in [-0.4, -0.2) is 55.5 Å². The van der Waals surface area contributed by atoms with Crippen molar-refractivity contribution in [1.82, 2.24) is 4.57 Å². The Labute approximate surface area is 245 Å². The number of amides is 1. The van der Waals surface area contributed by atoms with E-state index in [0.717, 1.165) is 17.3 Å². The predicted octanol–water partition coefficient (Wildman–Crippen LogP) is 4.48. The van der Waals surface area contributed by atoms with E-state index in [4.69, 9.17) is 9.84 Å². The number of alkyl halides is 3. The first-order valence-corrected chi connectivity index (χ1v) is 14.3. The molecule has 0 saturated carbocycles. The standard InChI is InChI=1S/C27H30F3N5O7S/c1-4-35(21-10-8-19(9-11-21)31-18(3)37)43(40,41)22-7-5-6-20(16-22)32-33-24-23(27(28,29)30)17(2)25(38)34(26(24)39)12-14-42-15-13-36/h5-11,16,36,39H,4,12-15H2,1-3H3,(H,31,37)/b33-32+. The second-order valence-corrected chi connectivity index (χ2v) is 10.9. The highest BCUT2D eigenvalue weighted by atomic mass is 32.2. The van der Waals surface area contributed by atoms with E-state index in [1.54, 1.807) is 6.92 Å². The third kappa shape index (κ3) is 7.77. The van der Waals surface area contributed by atoms with Gasteiger partial charge in [-0.15, -0.1) is 5.11 Å². The molecule has 0 aliphatic rings. The molecular weight excluding hydrogens is 595 g/mol. The number of carbonyl (C=O) groups is 1. The summed E-state index contributed by atoms with van der Waals surface area (Å²) in [7, 11) is -4.18. The Bertz CT molecular complexity index is 1660. The quantitative estimate of drug-likeness (QED) is 0.197. The maximum absolute atomic E-state index is 14.0. The monoisotopic (exact) mass is 625 g/mol. The molecular formula is C27H30F3N5O7S. The van der Waals surface area contributed by atoms with E-state index < -0.39 is 44.5 Å². The number of hydrogen-bond donors (Lipinski definition) is 3. The van der Waals surface area contributed by atoms with Crippen LogP contribution in [0.2, 0.25) is 0 Å². The Hall–Kier alpha value is -4.28. The van der Waals surface area contributed by atoms with Crippen molar-refractivity contribution in [2.45, 2.75) is 38.4 Å². The van der Waals surface area contributed by atoms with Gasteiger partial charge in [0.15, 0.2) is 5.69 Å². The number of aromatic hydroxyl groups is 1. The highest BCUT2D eigenvalue weighted by Crippen LogP contribution is 2.42. The molecule has 2 aromatic carbocycles. The molecule has 0 unspecified atom stereocenters. The zero-order valence-corrected chi connectivity index (χ0v) is 24.2. The summed E-state index contributed by atoms with van der Waals surface area (Å²) < 4.78 is 75.7. The van der Waals surface area contributed by atoms with Gasteiger partial charge in [0.05, 0.1) is 48.2 Å². The van der Waals surface area contributed by atoms with Crippen LogP contribution < -0.4 is 15.2 Å². The lowest BCUT2D eigenvalue weighted by Crippen LogP contribution is -2.30. The molecule has 1 heterocycles. The van der Waals surface area contributed by atoms with Crippen molar-refractivity contribution in [1.29, 1.82) is 0 Å². The van der Waals surface area contributed by atoms with E-state index >= 15 is 0 Å². The van der Waals surface area contributed by atoms with Gasteiger partial charge in [-0.05, 0) is 56.3 Å². The summed E-state index contributed by atoms with van der Waals surface area (Å²) >= 11 is 0. The number of nitrogens with zero attached hydrogens (tertiary/aromatic N) is 4. The van der Waals surface area contributed by atoms with Crippen LogP contribution in [0, 0.1) is 6.92 Å². The van der Waals surface area contributed by atoms with Crippen molar-refractivity contribution < 1.29 is 41.3 Å². The van der Waals surface area contributed by atoms with Crippen LogP contribution in [0.1, 0.15) is 25.0 Å². The highest BCUT2D eigenvalue weighted by Gasteiger charge is 2.39. The number of azo groups is 1. The molecule has 16 heteroatoms. The van der Waals surface area contributed by atoms with Crippen LogP contribution in [0.3, 0.4) is 0 Å². The molecule has 0 aliphatic carbocycles. The molecule has 3 aromatic rings. The number of pyridine rings is 1. The van der Waals surface area contributed by atoms with Crippen molar-refractivity contribution >= 4 is 38.7 Å². The second kappa shape index (κ2) is 13.8. The summed E-state index contributed by atoms with van der Waals surface area (Å²) in [6, 6.07) is 11.1. The van der Waals surface area contributed by atoms with E-state index in [1.165, 1.54) is 49.4 Å². The highest BCUT2D eigenvalue weighted by molar-refractivity contribution is 7.92. The van der Waals surface area contributed by atoms with Crippen LogP contribution >= 0.6 is 0 Å². The maximum Gasteiger partial charge on any atom is 0.419 e. The average Bonchev–Trinajstić information content (AvgIpc) is 2.94. The number of carbonyl (C=O) groups excluding carboxylic acids is 1. The molecule has 0 aliphatic heterocycles. The van der Waals surface area contributed by atoms with Crippen LogP contribution in [-0.2, 0) is 32.3 Å². The summed E-state index contributed by atoms with van der Waals surface area (Å²) in [4.78, 5) is 23.7. The Kier molecular flexibility index (Phi) is 10.7. The largest absolute Gasteiger partial charge is 0.493 e. The summed E-state index contributed by atoms with van der Waals surface area (Å²) in [6.45, 7) is 2.97. The maximum atomic E-state index is 14.0. The summed E-state index contributed by atoms with van der Waals surface area (Å²) in [6.07, 6.45) is -5.08. The summed E-state index contributed by atoms with van der Waals surface area (Å²) in [5, 5.41) is 29.4. The fraction of sp³-hybridized carbons (Fsp3) is 0.333. The molecule has 0 atom stereocenters. The second-order valence-electron chi connectivity index (χ2n) is 9.06. The van der Waals surface area contributed by atoms with Crippen LogP contribution in [0.5, 0.6) is 5.88 Å². The van der Waals surface area contributed by atoms with Gasteiger partial charge in [0, 0.05) is 24.7 Å². The minimum Gasteiger partial charge on any atom is -0.493 e. The van der Waals surface area contributed by atoms with Crippen LogP contribution in [0.25, 0.3) is 0 Å². The van der Waals surface area contributed by atoms with Gasteiger partial charge < -0.3 is 20.3 Å². The van der Waals surface area contributed by atoms with Crippen LogP contribution in [0.15, 0.2) is 68.4 Å². The molecule has 0 radical (unpaired) electrons. The Morgan fingerprint density at radius 3 is 2.37 bits per heavy atom.